The average Bonchev–Trinajstić information content (AvgIpc) is 3.23. The smallest absolute Gasteiger partial charge is 0.250 e. The van der Waals surface area contributed by atoms with E-state index < -0.39 is 5.54 Å². The number of rotatable bonds is 6. The van der Waals surface area contributed by atoms with E-state index in [4.69, 9.17) is 19.7 Å². The minimum absolute atomic E-state index is 0.0891. The van der Waals surface area contributed by atoms with Crippen LogP contribution >= 0.6 is 0 Å². The van der Waals surface area contributed by atoms with Crippen LogP contribution in [-0.2, 0) is 5.54 Å². The van der Waals surface area contributed by atoms with Gasteiger partial charge in [0.2, 0.25) is 0 Å². The first-order valence-corrected chi connectivity index (χ1v) is 8.66. The number of nitrogens with two attached hydrogens (primary N) is 1. The third kappa shape index (κ3) is 4.02. The normalized spacial score (nSPS) is 16.7. The van der Waals surface area contributed by atoms with Gasteiger partial charge in [-0.2, -0.15) is 4.98 Å². The molecule has 0 spiro atoms. The van der Waals surface area contributed by atoms with Gasteiger partial charge in [0.25, 0.3) is 5.89 Å². The number of nitrogens with zero attached hydrogens (tertiary/aromatic N) is 2. The maximum absolute atomic E-state index is 6.36. The Balaban J connectivity index is 1.75. The molecule has 1 fully saturated rings. The van der Waals surface area contributed by atoms with Crippen LogP contribution in [0, 0.1) is 0 Å². The van der Waals surface area contributed by atoms with Crippen molar-refractivity contribution in [1.82, 2.24) is 10.1 Å². The van der Waals surface area contributed by atoms with Crippen molar-refractivity contribution in [1.29, 1.82) is 0 Å². The second-order valence-electron chi connectivity index (χ2n) is 6.73. The van der Waals surface area contributed by atoms with Crippen molar-refractivity contribution in [2.24, 2.45) is 5.73 Å². The fourth-order valence-electron chi connectivity index (χ4n) is 3.04. The van der Waals surface area contributed by atoms with Gasteiger partial charge in [0.15, 0.2) is 17.3 Å². The van der Waals surface area contributed by atoms with Gasteiger partial charge in [0.05, 0.1) is 18.8 Å². The van der Waals surface area contributed by atoms with Crippen molar-refractivity contribution >= 4 is 12.2 Å². The second kappa shape index (κ2) is 7.27. The van der Waals surface area contributed by atoms with Crippen LogP contribution in [0.1, 0.15) is 56.8 Å². The zero-order valence-electron chi connectivity index (χ0n) is 15.0. The summed E-state index contributed by atoms with van der Waals surface area (Å²) in [4.78, 5) is 4.43. The highest BCUT2D eigenvalue weighted by Gasteiger charge is 2.35. The maximum atomic E-state index is 6.36. The van der Waals surface area contributed by atoms with Gasteiger partial charge in [-0.25, -0.2) is 0 Å². The van der Waals surface area contributed by atoms with Crippen LogP contribution in [0.2, 0.25) is 0 Å². The quantitative estimate of drug-likeness (QED) is 0.860. The molecule has 0 unspecified atom stereocenters. The molecule has 1 aliphatic carbocycles. The molecular formula is C19H25N3O3. The van der Waals surface area contributed by atoms with Crippen LogP contribution in [0.3, 0.4) is 0 Å². The highest BCUT2D eigenvalue weighted by molar-refractivity contribution is 5.67. The molecule has 0 radical (unpaired) electrons. The van der Waals surface area contributed by atoms with E-state index >= 15 is 0 Å². The fourth-order valence-corrected chi connectivity index (χ4v) is 3.04. The number of hydrogen-bond donors (Lipinski definition) is 1. The predicted molar refractivity (Wildman–Crippen MR) is 96.3 cm³/mol. The van der Waals surface area contributed by atoms with Crippen LogP contribution in [0.15, 0.2) is 22.7 Å². The first kappa shape index (κ1) is 17.5. The molecule has 1 aromatic heterocycles. The molecule has 3 rings (SSSR count). The van der Waals surface area contributed by atoms with Crippen molar-refractivity contribution < 1.29 is 14.0 Å². The predicted octanol–water partition coefficient (Wildman–Crippen LogP) is 3.76. The van der Waals surface area contributed by atoms with Gasteiger partial charge in [-0.05, 0) is 50.5 Å². The molecule has 1 aromatic carbocycles. The van der Waals surface area contributed by atoms with Gasteiger partial charge in [-0.1, -0.05) is 24.1 Å². The third-order valence-corrected chi connectivity index (χ3v) is 4.35. The number of hydrogen-bond acceptors (Lipinski definition) is 6. The molecule has 2 N–H and O–H groups in total. The summed E-state index contributed by atoms with van der Waals surface area (Å²) in [5, 5.41) is 4.06. The SMILES string of the molecule is COc1cc(/C=C/c2nc(C3(N)CCCC3)no2)ccc1OC(C)C. The lowest BCUT2D eigenvalue weighted by Crippen LogP contribution is -2.34. The molecule has 2 aromatic rings. The van der Waals surface area contributed by atoms with E-state index in [1.165, 1.54) is 0 Å². The highest BCUT2D eigenvalue weighted by atomic mass is 16.5. The first-order valence-electron chi connectivity index (χ1n) is 8.66. The zero-order chi connectivity index (χ0) is 17.9. The molecule has 1 saturated carbocycles. The number of methoxy groups -OCH3 is 1. The van der Waals surface area contributed by atoms with E-state index in [0.717, 1.165) is 37.0 Å². The van der Waals surface area contributed by atoms with Crippen molar-refractivity contribution in [3.8, 4) is 11.5 Å². The Morgan fingerprint density at radius 1 is 1.20 bits per heavy atom. The van der Waals surface area contributed by atoms with Crippen molar-refractivity contribution in [3.05, 3.63) is 35.5 Å². The summed E-state index contributed by atoms with van der Waals surface area (Å²) in [6.07, 6.45) is 7.81. The average molecular weight is 343 g/mol. The first-order chi connectivity index (χ1) is 12.0. The maximum Gasteiger partial charge on any atom is 0.250 e. The molecular weight excluding hydrogens is 318 g/mol. The van der Waals surface area contributed by atoms with Gasteiger partial charge < -0.3 is 19.7 Å². The second-order valence-corrected chi connectivity index (χ2v) is 6.73. The van der Waals surface area contributed by atoms with Crippen LogP contribution in [-0.4, -0.2) is 23.4 Å². The monoisotopic (exact) mass is 343 g/mol. The highest BCUT2D eigenvalue weighted by Crippen LogP contribution is 2.34. The van der Waals surface area contributed by atoms with Gasteiger partial charge in [0, 0.05) is 6.08 Å². The van der Waals surface area contributed by atoms with Crippen LogP contribution < -0.4 is 15.2 Å². The Bertz CT molecular complexity index is 746. The molecule has 0 atom stereocenters. The van der Waals surface area contributed by atoms with Crippen molar-refractivity contribution in [2.45, 2.75) is 51.2 Å². The van der Waals surface area contributed by atoms with Gasteiger partial charge in [0.1, 0.15) is 0 Å². The fraction of sp³-hybridized carbons (Fsp3) is 0.474. The van der Waals surface area contributed by atoms with Gasteiger partial charge >= 0.3 is 0 Å². The molecule has 6 nitrogen and oxygen atoms in total. The Hall–Kier alpha value is -2.34. The summed E-state index contributed by atoms with van der Waals surface area (Å²) in [7, 11) is 1.63. The number of benzene rings is 1. The lowest BCUT2D eigenvalue weighted by Gasteiger charge is -2.17. The minimum Gasteiger partial charge on any atom is -0.493 e. The standard InChI is InChI=1S/C19H25N3O3/c1-13(2)24-15-8-6-14(12-16(15)23-3)7-9-17-21-18(22-25-17)19(20)10-4-5-11-19/h6-9,12-13H,4-5,10-11,20H2,1-3H3/b9-7+. The van der Waals surface area contributed by atoms with Crippen molar-refractivity contribution in [2.75, 3.05) is 7.11 Å². The molecule has 1 heterocycles. The van der Waals surface area contributed by atoms with E-state index in [-0.39, 0.29) is 6.10 Å². The molecule has 0 saturated heterocycles. The van der Waals surface area contributed by atoms with E-state index in [0.29, 0.717) is 17.5 Å². The summed E-state index contributed by atoms with van der Waals surface area (Å²) < 4.78 is 16.4. The molecule has 0 bridgehead atoms. The van der Waals surface area contributed by atoms with E-state index in [1.54, 1.807) is 13.2 Å². The topological polar surface area (TPSA) is 83.4 Å². The lowest BCUT2D eigenvalue weighted by molar-refractivity contribution is 0.230. The number of aromatic nitrogens is 2. The van der Waals surface area contributed by atoms with Crippen molar-refractivity contribution in [3.63, 3.8) is 0 Å². The largest absolute Gasteiger partial charge is 0.493 e. The van der Waals surface area contributed by atoms with Crippen LogP contribution in [0.25, 0.3) is 12.2 Å². The zero-order valence-corrected chi connectivity index (χ0v) is 15.0. The van der Waals surface area contributed by atoms with E-state index in [9.17, 15) is 0 Å². The molecule has 134 valence electrons. The molecule has 0 aliphatic heterocycles. The molecule has 1 aliphatic rings. The Labute approximate surface area is 148 Å². The van der Waals surface area contributed by atoms with Crippen LogP contribution in [0.4, 0.5) is 0 Å². The summed E-state index contributed by atoms with van der Waals surface area (Å²) in [5.74, 6) is 2.46. The summed E-state index contributed by atoms with van der Waals surface area (Å²) in [6.45, 7) is 3.96. The number of ether oxygens (including phenoxy) is 2. The summed E-state index contributed by atoms with van der Waals surface area (Å²) >= 11 is 0. The van der Waals surface area contributed by atoms with Crippen LogP contribution in [0.5, 0.6) is 11.5 Å². The molecule has 25 heavy (non-hydrogen) atoms. The summed E-state index contributed by atoms with van der Waals surface area (Å²) in [5.41, 5.74) is 6.87. The van der Waals surface area contributed by atoms with E-state index in [2.05, 4.69) is 10.1 Å². The Kier molecular flexibility index (Phi) is 5.08. The minimum atomic E-state index is -0.436. The van der Waals surface area contributed by atoms with Gasteiger partial charge in [-0.15, -0.1) is 0 Å². The molecule has 6 heteroatoms. The molecule has 0 amide bonds. The van der Waals surface area contributed by atoms with Gasteiger partial charge in [-0.3, -0.25) is 0 Å². The lowest BCUT2D eigenvalue weighted by atomic mass is 9.99. The Morgan fingerprint density at radius 3 is 2.64 bits per heavy atom. The Morgan fingerprint density at radius 2 is 1.96 bits per heavy atom. The third-order valence-electron chi connectivity index (χ3n) is 4.35. The summed E-state index contributed by atoms with van der Waals surface area (Å²) in [6, 6.07) is 5.76. The van der Waals surface area contributed by atoms with E-state index in [1.807, 2.05) is 38.1 Å².